The topological polar surface area (TPSA) is 0 Å². The standard InChI is InChI=1S/C6H11S/c7-5-6-3-1-2-4-6/h1,6-7H,2-5H2. The Bertz CT molecular complexity index is 46.1. The molecule has 1 radical (unpaired) electrons. The van der Waals surface area contributed by atoms with Gasteiger partial charge in [0.15, 0.2) is 0 Å². The Labute approximate surface area is 50.7 Å². The molecule has 0 aromatic heterocycles. The van der Waals surface area contributed by atoms with E-state index in [4.69, 9.17) is 0 Å². The lowest BCUT2D eigenvalue weighted by atomic mass is 10.1. The average Bonchev–Trinajstić information content (AvgIpc) is 2.14. The first kappa shape index (κ1) is 5.49. The highest BCUT2D eigenvalue weighted by molar-refractivity contribution is 7.80. The number of rotatable bonds is 1. The van der Waals surface area contributed by atoms with Gasteiger partial charge in [0.1, 0.15) is 0 Å². The summed E-state index contributed by atoms with van der Waals surface area (Å²) in [7, 11) is 0. The number of hydrogen-bond donors (Lipinski definition) is 1. The monoisotopic (exact) mass is 115 g/mol. The molecular formula is C6H11S. The minimum absolute atomic E-state index is 0.906. The van der Waals surface area contributed by atoms with Gasteiger partial charge in [-0.3, -0.25) is 0 Å². The van der Waals surface area contributed by atoms with E-state index in [-0.39, 0.29) is 0 Å². The third kappa shape index (κ3) is 1.37. The van der Waals surface area contributed by atoms with Crippen LogP contribution in [0.25, 0.3) is 0 Å². The molecule has 1 aliphatic carbocycles. The summed E-state index contributed by atoms with van der Waals surface area (Å²) >= 11 is 4.20. The van der Waals surface area contributed by atoms with Crippen LogP contribution >= 0.6 is 12.6 Å². The van der Waals surface area contributed by atoms with Gasteiger partial charge in [-0.15, -0.1) is 0 Å². The van der Waals surface area contributed by atoms with E-state index < -0.39 is 0 Å². The minimum atomic E-state index is 0.906. The summed E-state index contributed by atoms with van der Waals surface area (Å²) < 4.78 is 0. The smallest absolute Gasteiger partial charge is 0.00694 e. The van der Waals surface area contributed by atoms with Crippen molar-refractivity contribution >= 4 is 12.6 Å². The summed E-state index contributed by atoms with van der Waals surface area (Å²) in [6, 6.07) is 0. The average molecular weight is 115 g/mol. The largest absolute Gasteiger partial charge is 0.179 e. The SMILES string of the molecule is SCC1C[CH]CC1. The van der Waals surface area contributed by atoms with Gasteiger partial charge in [0.25, 0.3) is 0 Å². The molecule has 0 amide bonds. The zero-order valence-electron chi connectivity index (χ0n) is 4.43. The van der Waals surface area contributed by atoms with Crippen LogP contribution in [0.2, 0.25) is 0 Å². The van der Waals surface area contributed by atoms with Crippen LogP contribution < -0.4 is 0 Å². The van der Waals surface area contributed by atoms with Crippen LogP contribution in [0.1, 0.15) is 19.3 Å². The van der Waals surface area contributed by atoms with E-state index >= 15 is 0 Å². The molecule has 1 heteroatoms. The second kappa shape index (κ2) is 2.61. The maximum absolute atomic E-state index is 4.20. The molecule has 1 rings (SSSR count). The van der Waals surface area contributed by atoms with E-state index in [0.717, 1.165) is 11.7 Å². The van der Waals surface area contributed by atoms with Gasteiger partial charge in [0.2, 0.25) is 0 Å². The van der Waals surface area contributed by atoms with Gasteiger partial charge < -0.3 is 0 Å². The lowest BCUT2D eigenvalue weighted by Gasteiger charge is -1.98. The van der Waals surface area contributed by atoms with Crippen molar-refractivity contribution in [1.29, 1.82) is 0 Å². The molecule has 41 valence electrons. The quantitative estimate of drug-likeness (QED) is 0.496. The van der Waals surface area contributed by atoms with Crippen molar-refractivity contribution in [2.75, 3.05) is 5.75 Å². The molecule has 1 atom stereocenters. The predicted molar refractivity (Wildman–Crippen MR) is 35.5 cm³/mol. The molecule has 0 aromatic carbocycles. The molecule has 0 spiro atoms. The normalized spacial score (nSPS) is 23.6. The Morgan fingerprint density at radius 1 is 1.71 bits per heavy atom. The number of thiol groups is 1. The van der Waals surface area contributed by atoms with E-state index in [9.17, 15) is 0 Å². The molecule has 0 nitrogen and oxygen atoms in total. The fourth-order valence-corrected chi connectivity index (χ4v) is 1.32. The molecule has 0 bridgehead atoms. The molecule has 0 aromatic rings. The summed E-state index contributed by atoms with van der Waals surface area (Å²) in [5.74, 6) is 1.99. The van der Waals surface area contributed by atoms with Crippen molar-refractivity contribution in [1.82, 2.24) is 0 Å². The van der Waals surface area contributed by atoms with E-state index in [1.807, 2.05) is 0 Å². The minimum Gasteiger partial charge on any atom is -0.179 e. The summed E-state index contributed by atoms with van der Waals surface area (Å²) in [6.07, 6.45) is 6.37. The Hall–Kier alpha value is 0.350. The van der Waals surface area contributed by atoms with Crippen LogP contribution in [0.3, 0.4) is 0 Å². The molecule has 0 N–H and O–H groups in total. The lowest BCUT2D eigenvalue weighted by Crippen LogP contribution is -1.91. The highest BCUT2D eigenvalue weighted by atomic mass is 32.1. The summed E-state index contributed by atoms with van der Waals surface area (Å²) in [5, 5.41) is 0. The second-order valence-corrected chi connectivity index (χ2v) is 2.52. The first-order valence-electron chi connectivity index (χ1n) is 2.86. The Morgan fingerprint density at radius 2 is 2.57 bits per heavy atom. The van der Waals surface area contributed by atoms with Crippen molar-refractivity contribution < 1.29 is 0 Å². The van der Waals surface area contributed by atoms with Crippen LogP contribution in [0, 0.1) is 12.3 Å². The Kier molecular flexibility index (Phi) is 2.04. The van der Waals surface area contributed by atoms with E-state index in [1.54, 1.807) is 0 Å². The van der Waals surface area contributed by atoms with E-state index in [1.165, 1.54) is 19.3 Å². The molecule has 0 heterocycles. The van der Waals surface area contributed by atoms with Crippen molar-refractivity contribution in [3.8, 4) is 0 Å². The summed E-state index contributed by atoms with van der Waals surface area (Å²) in [4.78, 5) is 0. The van der Waals surface area contributed by atoms with Crippen LogP contribution in [0.4, 0.5) is 0 Å². The van der Waals surface area contributed by atoms with Gasteiger partial charge in [0, 0.05) is 0 Å². The maximum Gasteiger partial charge on any atom is -0.00694 e. The first-order valence-corrected chi connectivity index (χ1v) is 3.49. The van der Waals surface area contributed by atoms with Gasteiger partial charge >= 0.3 is 0 Å². The third-order valence-electron chi connectivity index (χ3n) is 1.54. The third-order valence-corrected chi connectivity index (χ3v) is 2.05. The Morgan fingerprint density at radius 3 is 2.86 bits per heavy atom. The summed E-state index contributed by atoms with van der Waals surface area (Å²) in [5.41, 5.74) is 0. The van der Waals surface area contributed by atoms with Crippen LogP contribution in [-0.2, 0) is 0 Å². The van der Waals surface area contributed by atoms with Crippen molar-refractivity contribution in [3.63, 3.8) is 0 Å². The molecule has 1 fully saturated rings. The second-order valence-electron chi connectivity index (χ2n) is 2.15. The summed E-state index contributed by atoms with van der Waals surface area (Å²) in [6.45, 7) is 0. The fourth-order valence-electron chi connectivity index (χ4n) is 0.991. The van der Waals surface area contributed by atoms with E-state index in [2.05, 4.69) is 19.0 Å². The number of hydrogen-bond acceptors (Lipinski definition) is 1. The van der Waals surface area contributed by atoms with Crippen molar-refractivity contribution in [2.24, 2.45) is 5.92 Å². The zero-order valence-corrected chi connectivity index (χ0v) is 5.32. The predicted octanol–water partition coefficient (Wildman–Crippen LogP) is 1.92. The van der Waals surface area contributed by atoms with Gasteiger partial charge in [-0.25, -0.2) is 0 Å². The Balaban J connectivity index is 2.14. The van der Waals surface area contributed by atoms with Gasteiger partial charge in [-0.05, 0) is 37.4 Å². The highest BCUT2D eigenvalue weighted by Crippen LogP contribution is 2.23. The van der Waals surface area contributed by atoms with Gasteiger partial charge in [0.05, 0.1) is 0 Å². The molecule has 1 unspecified atom stereocenters. The van der Waals surface area contributed by atoms with Crippen molar-refractivity contribution in [2.45, 2.75) is 19.3 Å². The zero-order chi connectivity index (χ0) is 5.11. The van der Waals surface area contributed by atoms with E-state index in [0.29, 0.717) is 0 Å². The molecule has 0 saturated heterocycles. The fraction of sp³-hybridized carbons (Fsp3) is 0.833. The van der Waals surface area contributed by atoms with Gasteiger partial charge in [-0.2, -0.15) is 12.6 Å². The first-order chi connectivity index (χ1) is 3.43. The van der Waals surface area contributed by atoms with Crippen LogP contribution in [-0.4, -0.2) is 5.75 Å². The molecule has 1 saturated carbocycles. The molecule has 7 heavy (non-hydrogen) atoms. The molecule has 1 aliphatic rings. The maximum atomic E-state index is 4.20. The molecule has 0 aliphatic heterocycles. The van der Waals surface area contributed by atoms with Crippen LogP contribution in [0.5, 0.6) is 0 Å². The molecular weight excluding hydrogens is 104 g/mol. The van der Waals surface area contributed by atoms with Gasteiger partial charge in [-0.1, -0.05) is 0 Å². The highest BCUT2D eigenvalue weighted by Gasteiger charge is 2.11. The lowest BCUT2D eigenvalue weighted by molar-refractivity contribution is 0.632. The van der Waals surface area contributed by atoms with Crippen LogP contribution in [0.15, 0.2) is 0 Å². The van der Waals surface area contributed by atoms with Crippen molar-refractivity contribution in [3.05, 3.63) is 6.42 Å².